The van der Waals surface area contributed by atoms with Crippen LogP contribution in [0, 0.1) is 0 Å². The monoisotopic (exact) mass is 386 g/mol. The van der Waals surface area contributed by atoms with Crippen LogP contribution in [-0.4, -0.2) is 36.8 Å². The van der Waals surface area contributed by atoms with Crippen LogP contribution in [0.5, 0.6) is 0 Å². The van der Waals surface area contributed by atoms with E-state index in [1.165, 1.54) is 11.3 Å². The molecule has 7 heteroatoms. The van der Waals surface area contributed by atoms with Gasteiger partial charge in [0.2, 0.25) is 0 Å². The van der Waals surface area contributed by atoms with Gasteiger partial charge in [-0.3, -0.25) is 9.59 Å². The van der Waals surface area contributed by atoms with Gasteiger partial charge < -0.3 is 15.8 Å². The van der Waals surface area contributed by atoms with Gasteiger partial charge in [-0.25, -0.2) is 0 Å². The SMILES string of the molecule is COC/C=C/CNC(=O)c1c(N)sc2c1C(C)CC(Br)C2=O. The minimum Gasteiger partial charge on any atom is -0.390 e. The van der Waals surface area contributed by atoms with Gasteiger partial charge in [-0.15, -0.1) is 11.3 Å². The van der Waals surface area contributed by atoms with Crippen molar-refractivity contribution in [3.63, 3.8) is 0 Å². The van der Waals surface area contributed by atoms with Crippen LogP contribution in [0.15, 0.2) is 12.2 Å². The summed E-state index contributed by atoms with van der Waals surface area (Å²) in [5, 5.41) is 3.21. The fourth-order valence-electron chi connectivity index (χ4n) is 2.51. The Morgan fingerprint density at radius 2 is 2.27 bits per heavy atom. The molecule has 5 nitrogen and oxygen atoms in total. The zero-order valence-electron chi connectivity index (χ0n) is 12.5. The summed E-state index contributed by atoms with van der Waals surface area (Å²) in [6, 6.07) is 0. The number of nitrogen functional groups attached to an aromatic ring is 1. The van der Waals surface area contributed by atoms with Crippen LogP contribution in [0.25, 0.3) is 0 Å². The number of nitrogens with two attached hydrogens (primary N) is 1. The van der Waals surface area contributed by atoms with Gasteiger partial charge in [0.05, 0.1) is 26.9 Å². The van der Waals surface area contributed by atoms with Gasteiger partial charge in [0.15, 0.2) is 5.78 Å². The van der Waals surface area contributed by atoms with E-state index >= 15 is 0 Å². The molecule has 0 saturated heterocycles. The summed E-state index contributed by atoms with van der Waals surface area (Å²) in [6.07, 6.45) is 4.32. The Morgan fingerprint density at radius 1 is 1.55 bits per heavy atom. The molecule has 1 aromatic heterocycles. The van der Waals surface area contributed by atoms with E-state index in [1.54, 1.807) is 7.11 Å². The van der Waals surface area contributed by atoms with E-state index in [0.29, 0.717) is 35.0 Å². The standard InChI is InChI=1S/C15H19BrN2O3S/c1-8-7-9(16)12(19)13-10(8)11(14(17)22-13)15(20)18-5-3-4-6-21-2/h3-4,8-9H,5-7,17H2,1-2H3,(H,18,20)/b4-3+. The summed E-state index contributed by atoms with van der Waals surface area (Å²) in [5.74, 6) is -0.0935. The van der Waals surface area contributed by atoms with Gasteiger partial charge in [0, 0.05) is 13.7 Å². The molecule has 22 heavy (non-hydrogen) atoms. The Bertz CT molecular complexity index is 612. The maximum atomic E-state index is 12.4. The molecule has 1 aliphatic carbocycles. The first-order valence-corrected chi connectivity index (χ1v) is 8.73. The average molecular weight is 387 g/mol. The summed E-state index contributed by atoms with van der Waals surface area (Å²) in [4.78, 5) is 25.0. The predicted molar refractivity (Wildman–Crippen MR) is 92.2 cm³/mol. The maximum absolute atomic E-state index is 12.4. The predicted octanol–water partition coefficient (Wildman–Crippen LogP) is 2.72. The molecule has 1 heterocycles. The van der Waals surface area contributed by atoms with Crippen molar-refractivity contribution in [3.05, 3.63) is 28.2 Å². The number of alkyl halides is 1. The number of amides is 1. The largest absolute Gasteiger partial charge is 0.390 e. The second-order valence-electron chi connectivity index (χ2n) is 5.19. The Balaban J connectivity index is 2.20. The number of carbonyl (C=O) groups excluding carboxylic acids is 2. The molecule has 120 valence electrons. The van der Waals surface area contributed by atoms with Crippen LogP contribution in [0.4, 0.5) is 5.00 Å². The molecule has 0 aromatic carbocycles. The van der Waals surface area contributed by atoms with E-state index in [0.717, 1.165) is 5.56 Å². The lowest BCUT2D eigenvalue weighted by Gasteiger charge is -2.23. The molecule has 1 aromatic rings. The highest BCUT2D eigenvalue weighted by atomic mass is 79.9. The molecule has 1 aliphatic rings. The average Bonchev–Trinajstić information content (AvgIpc) is 2.82. The topological polar surface area (TPSA) is 81.4 Å². The van der Waals surface area contributed by atoms with Crippen molar-refractivity contribution in [2.24, 2.45) is 0 Å². The Labute approximate surface area is 142 Å². The zero-order valence-corrected chi connectivity index (χ0v) is 14.9. The Kier molecular flexibility index (Phi) is 5.77. The molecule has 0 saturated carbocycles. The summed E-state index contributed by atoms with van der Waals surface area (Å²) < 4.78 is 4.89. The second-order valence-corrected chi connectivity index (χ2v) is 7.35. The summed E-state index contributed by atoms with van der Waals surface area (Å²) in [7, 11) is 1.61. The molecule has 0 radical (unpaired) electrons. The van der Waals surface area contributed by atoms with Crippen LogP contribution in [0.2, 0.25) is 0 Å². The van der Waals surface area contributed by atoms with Crippen molar-refractivity contribution < 1.29 is 14.3 Å². The highest BCUT2D eigenvalue weighted by molar-refractivity contribution is 9.10. The molecule has 2 unspecified atom stereocenters. The molecule has 0 bridgehead atoms. The third kappa shape index (κ3) is 3.42. The lowest BCUT2D eigenvalue weighted by Crippen LogP contribution is -2.28. The van der Waals surface area contributed by atoms with Crippen molar-refractivity contribution >= 4 is 44.0 Å². The first-order chi connectivity index (χ1) is 10.5. The van der Waals surface area contributed by atoms with Crippen LogP contribution in [0.1, 0.15) is 44.9 Å². The van der Waals surface area contributed by atoms with Gasteiger partial charge in [0.25, 0.3) is 5.91 Å². The van der Waals surface area contributed by atoms with E-state index in [-0.39, 0.29) is 22.4 Å². The number of nitrogens with one attached hydrogen (secondary N) is 1. The highest BCUT2D eigenvalue weighted by Crippen LogP contribution is 2.43. The van der Waals surface area contributed by atoms with Crippen LogP contribution < -0.4 is 11.1 Å². The Morgan fingerprint density at radius 3 is 2.95 bits per heavy atom. The number of ketones is 1. The lowest BCUT2D eigenvalue weighted by atomic mass is 9.85. The maximum Gasteiger partial charge on any atom is 0.254 e. The van der Waals surface area contributed by atoms with E-state index < -0.39 is 0 Å². The van der Waals surface area contributed by atoms with Crippen molar-refractivity contribution in [3.8, 4) is 0 Å². The van der Waals surface area contributed by atoms with E-state index in [2.05, 4.69) is 21.2 Å². The number of rotatable bonds is 5. The van der Waals surface area contributed by atoms with E-state index in [9.17, 15) is 9.59 Å². The molecular formula is C15H19BrN2O3S. The number of Topliss-reactive ketones (excluding diaryl/α,β-unsaturated/α-hetero) is 1. The van der Waals surface area contributed by atoms with Gasteiger partial charge in [0.1, 0.15) is 0 Å². The number of carbonyl (C=O) groups is 2. The number of fused-ring (bicyclic) bond motifs is 1. The summed E-state index contributed by atoms with van der Waals surface area (Å²) in [5.41, 5.74) is 7.25. The first-order valence-electron chi connectivity index (χ1n) is 6.99. The van der Waals surface area contributed by atoms with Gasteiger partial charge in [-0.05, 0) is 17.9 Å². The smallest absolute Gasteiger partial charge is 0.254 e. The first kappa shape index (κ1) is 17.2. The van der Waals surface area contributed by atoms with Gasteiger partial charge >= 0.3 is 0 Å². The molecule has 3 N–H and O–H groups in total. The van der Waals surface area contributed by atoms with Crippen molar-refractivity contribution in [1.82, 2.24) is 5.32 Å². The number of anilines is 1. The normalized spacial score (nSPS) is 21.1. The van der Waals surface area contributed by atoms with Crippen molar-refractivity contribution in [1.29, 1.82) is 0 Å². The van der Waals surface area contributed by atoms with Crippen LogP contribution in [0.3, 0.4) is 0 Å². The van der Waals surface area contributed by atoms with E-state index in [4.69, 9.17) is 10.5 Å². The summed E-state index contributed by atoms with van der Waals surface area (Å²) in [6.45, 7) is 2.92. The number of methoxy groups -OCH3 is 1. The molecule has 2 atom stereocenters. The molecule has 1 amide bonds. The third-order valence-corrected chi connectivity index (χ3v) is 5.41. The van der Waals surface area contributed by atoms with Crippen molar-refractivity contribution in [2.75, 3.05) is 26.0 Å². The van der Waals surface area contributed by atoms with Crippen LogP contribution >= 0.6 is 27.3 Å². The van der Waals surface area contributed by atoms with E-state index in [1.807, 2.05) is 19.1 Å². The molecule has 0 aliphatic heterocycles. The van der Waals surface area contributed by atoms with Gasteiger partial charge in [-0.2, -0.15) is 0 Å². The Hall–Kier alpha value is -1.18. The van der Waals surface area contributed by atoms with Crippen LogP contribution in [-0.2, 0) is 4.74 Å². The third-order valence-electron chi connectivity index (χ3n) is 3.57. The quantitative estimate of drug-likeness (QED) is 0.601. The fourth-order valence-corrected chi connectivity index (χ4v) is 4.64. The van der Waals surface area contributed by atoms with Gasteiger partial charge in [-0.1, -0.05) is 35.0 Å². The molecule has 2 rings (SSSR count). The number of hydrogen-bond donors (Lipinski definition) is 2. The zero-order chi connectivity index (χ0) is 16.3. The molecule has 0 spiro atoms. The highest BCUT2D eigenvalue weighted by Gasteiger charge is 2.36. The second kappa shape index (κ2) is 7.39. The fraction of sp³-hybridized carbons (Fsp3) is 0.467. The number of hydrogen-bond acceptors (Lipinski definition) is 5. The van der Waals surface area contributed by atoms with Crippen molar-refractivity contribution in [2.45, 2.75) is 24.1 Å². The number of ether oxygens (including phenoxy) is 1. The number of thiophene rings is 1. The molecule has 0 fully saturated rings. The lowest BCUT2D eigenvalue weighted by molar-refractivity contribution is 0.0957. The minimum absolute atomic E-state index is 0.0174. The molecular weight excluding hydrogens is 368 g/mol. The summed E-state index contributed by atoms with van der Waals surface area (Å²) >= 11 is 4.60. The minimum atomic E-state index is -0.232. The number of halogens is 1.